The summed E-state index contributed by atoms with van der Waals surface area (Å²) in [5, 5.41) is 3.80. The van der Waals surface area contributed by atoms with Gasteiger partial charge in [-0.3, -0.25) is 0 Å². The van der Waals surface area contributed by atoms with E-state index in [0.29, 0.717) is 11.5 Å². The van der Waals surface area contributed by atoms with Gasteiger partial charge in [0.05, 0.1) is 0 Å². The van der Waals surface area contributed by atoms with E-state index in [2.05, 4.69) is 45.2 Å². The lowest BCUT2D eigenvalue weighted by molar-refractivity contribution is 0.250. The van der Waals surface area contributed by atoms with E-state index >= 15 is 0 Å². The molecule has 0 aromatic heterocycles. The quantitative estimate of drug-likeness (QED) is 0.665. The van der Waals surface area contributed by atoms with Gasteiger partial charge in [-0.15, -0.1) is 0 Å². The van der Waals surface area contributed by atoms with Crippen molar-refractivity contribution in [1.29, 1.82) is 0 Å². The molecule has 1 saturated carbocycles. The monoisotopic (exact) mass is 193 g/mol. The molecular formula is C13H23N. The average molecular weight is 193 g/mol. The molecule has 0 radical (unpaired) electrons. The van der Waals surface area contributed by atoms with Crippen LogP contribution in [-0.4, -0.2) is 12.1 Å². The lowest BCUT2D eigenvalue weighted by Gasteiger charge is -2.33. The molecule has 2 aliphatic rings. The number of rotatable bonds is 2. The molecule has 80 valence electrons. The van der Waals surface area contributed by atoms with Crippen molar-refractivity contribution in [1.82, 2.24) is 5.32 Å². The van der Waals surface area contributed by atoms with E-state index in [-0.39, 0.29) is 0 Å². The molecule has 1 fully saturated rings. The van der Waals surface area contributed by atoms with Crippen molar-refractivity contribution in [3.8, 4) is 0 Å². The standard InChI is InChI=1S/C13H23N/c1-9(13(2,3)4)14-12-8-10-5-6-11(12)7-10/h5-6,9-12,14H,7-8H2,1-4H3/t9?,10-,11+,12?/m1/s1. The zero-order chi connectivity index (χ0) is 10.3. The molecule has 14 heavy (non-hydrogen) atoms. The van der Waals surface area contributed by atoms with Crippen LogP contribution in [0.25, 0.3) is 0 Å². The third kappa shape index (κ3) is 1.88. The van der Waals surface area contributed by atoms with Crippen LogP contribution in [0, 0.1) is 17.3 Å². The maximum absolute atomic E-state index is 3.80. The summed E-state index contributed by atoms with van der Waals surface area (Å²) in [5.41, 5.74) is 0.381. The maximum Gasteiger partial charge on any atom is 0.0138 e. The third-order valence-corrected chi connectivity index (χ3v) is 4.04. The van der Waals surface area contributed by atoms with Crippen molar-refractivity contribution >= 4 is 0 Å². The molecule has 0 amide bonds. The molecule has 4 atom stereocenters. The van der Waals surface area contributed by atoms with Gasteiger partial charge >= 0.3 is 0 Å². The molecule has 1 N–H and O–H groups in total. The molecule has 0 saturated heterocycles. The lowest BCUT2D eigenvalue weighted by Crippen LogP contribution is -2.45. The minimum atomic E-state index is 0.381. The Morgan fingerprint density at radius 1 is 1.21 bits per heavy atom. The van der Waals surface area contributed by atoms with Crippen LogP contribution in [0.4, 0.5) is 0 Å². The fourth-order valence-corrected chi connectivity index (χ4v) is 2.54. The van der Waals surface area contributed by atoms with Gasteiger partial charge in [-0.25, -0.2) is 0 Å². The van der Waals surface area contributed by atoms with E-state index in [4.69, 9.17) is 0 Å². The van der Waals surface area contributed by atoms with Crippen LogP contribution in [-0.2, 0) is 0 Å². The van der Waals surface area contributed by atoms with Gasteiger partial charge in [0.25, 0.3) is 0 Å². The van der Waals surface area contributed by atoms with Gasteiger partial charge in [-0.2, -0.15) is 0 Å². The van der Waals surface area contributed by atoms with Crippen molar-refractivity contribution in [3.63, 3.8) is 0 Å². The topological polar surface area (TPSA) is 12.0 Å². The minimum Gasteiger partial charge on any atom is -0.310 e. The van der Waals surface area contributed by atoms with Crippen LogP contribution >= 0.6 is 0 Å². The summed E-state index contributed by atoms with van der Waals surface area (Å²) in [6, 6.07) is 1.36. The summed E-state index contributed by atoms with van der Waals surface area (Å²) in [5.74, 6) is 1.70. The van der Waals surface area contributed by atoms with E-state index < -0.39 is 0 Å². The van der Waals surface area contributed by atoms with Crippen molar-refractivity contribution in [2.24, 2.45) is 17.3 Å². The number of hydrogen-bond acceptors (Lipinski definition) is 1. The highest BCUT2D eigenvalue weighted by atomic mass is 15.0. The van der Waals surface area contributed by atoms with Gasteiger partial charge in [0, 0.05) is 12.1 Å². The van der Waals surface area contributed by atoms with Crippen LogP contribution in [0.5, 0.6) is 0 Å². The normalized spacial score (nSPS) is 37.9. The first-order chi connectivity index (χ1) is 6.47. The highest BCUT2D eigenvalue weighted by Crippen LogP contribution is 2.39. The Kier molecular flexibility index (Phi) is 2.46. The number of allylic oxidation sites excluding steroid dienone is 1. The largest absolute Gasteiger partial charge is 0.310 e. The SMILES string of the molecule is CC(NC1C[C@@H]2C=C[C@H]1C2)C(C)(C)C. The Balaban J connectivity index is 1.90. The second-order valence-electron chi connectivity index (χ2n) is 6.14. The maximum atomic E-state index is 3.80. The third-order valence-electron chi connectivity index (χ3n) is 4.04. The number of nitrogens with one attached hydrogen (secondary N) is 1. The predicted octanol–water partition coefficient (Wildman–Crippen LogP) is 2.98. The number of hydrogen-bond donors (Lipinski definition) is 1. The molecule has 0 aliphatic heterocycles. The molecule has 2 unspecified atom stereocenters. The predicted molar refractivity (Wildman–Crippen MR) is 61.2 cm³/mol. The van der Waals surface area contributed by atoms with Gasteiger partial charge in [-0.05, 0) is 37.0 Å². The smallest absolute Gasteiger partial charge is 0.0138 e. The van der Waals surface area contributed by atoms with Crippen LogP contribution in [0.3, 0.4) is 0 Å². The van der Waals surface area contributed by atoms with Crippen molar-refractivity contribution in [2.45, 2.75) is 52.6 Å². The highest BCUT2D eigenvalue weighted by molar-refractivity contribution is 5.13. The first-order valence-corrected chi connectivity index (χ1v) is 5.91. The zero-order valence-electron chi connectivity index (χ0n) is 9.88. The van der Waals surface area contributed by atoms with Crippen molar-refractivity contribution in [2.75, 3.05) is 0 Å². The van der Waals surface area contributed by atoms with E-state index in [9.17, 15) is 0 Å². The van der Waals surface area contributed by atoms with E-state index in [1.165, 1.54) is 12.8 Å². The van der Waals surface area contributed by atoms with Crippen molar-refractivity contribution in [3.05, 3.63) is 12.2 Å². The lowest BCUT2D eigenvalue weighted by atomic mass is 9.86. The molecule has 0 aromatic rings. The summed E-state index contributed by atoms with van der Waals surface area (Å²) in [7, 11) is 0. The number of fused-ring (bicyclic) bond motifs is 2. The fraction of sp³-hybridized carbons (Fsp3) is 0.846. The summed E-state index contributed by atoms with van der Waals surface area (Å²) in [6.45, 7) is 9.25. The van der Waals surface area contributed by atoms with Crippen LogP contribution in [0.2, 0.25) is 0 Å². The van der Waals surface area contributed by atoms with Gasteiger partial charge in [-0.1, -0.05) is 32.9 Å². The van der Waals surface area contributed by atoms with E-state index in [0.717, 1.165) is 17.9 Å². The summed E-state index contributed by atoms with van der Waals surface area (Å²) < 4.78 is 0. The Morgan fingerprint density at radius 3 is 2.36 bits per heavy atom. The van der Waals surface area contributed by atoms with Gasteiger partial charge in [0.15, 0.2) is 0 Å². The Hall–Kier alpha value is -0.300. The minimum absolute atomic E-state index is 0.381. The van der Waals surface area contributed by atoms with Gasteiger partial charge < -0.3 is 5.32 Å². The van der Waals surface area contributed by atoms with Crippen LogP contribution < -0.4 is 5.32 Å². The average Bonchev–Trinajstić information content (AvgIpc) is 2.62. The molecule has 0 spiro atoms. The Labute approximate surface area is 88.0 Å². The van der Waals surface area contributed by atoms with Crippen molar-refractivity contribution < 1.29 is 0 Å². The van der Waals surface area contributed by atoms with Crippen LogP contribution in [0.1, 0.15) is 40.5 Å². The van der Waals surface area contributed by atoms with E-state index in [1.54, 1.807) is 0 Å². The Morgan fingerprint density at radius 2 is 1.93 bits per heavy atom. The van der Waals surface area contributed by atoms with E-state index in [1.807, 2.05) is 0 Å². The first kappa shape index (κ1) is 10.2. The van der Waals surface area contributed by atoms with Gasteiger partial charge in [0.2, 0.25) is 0 Å². The molecule has 0 heterocycles. The second kappa shape index (κ2) is 3.37. The molecular weight excluding hydrogens is 170 g/mol. The fourth-order valence-electron chi connectivity index (χ4n) is 2.54. The molecule has 2 aliphatic carbocycles. The Bertz CT molecular complexity index is 236. The molecule has 0 aromatic carbocycles. The molecule has 2 bridgehead atoms. The second-order valence-corrected chi connectivity index (χ2v) is 6.14. The zero-order valence-corrected chi connectivity index (χ0v) is 9.88. The summed E-state index contributed by atoms with van der Waals surface area (Å²) in [6.07, 6.45) is 7.59. The summed E-state index contributed by atoms with van der Waals surface area (Å²) >= 11 is 0. The molecule has 1 heteroatoms. The molecule has 1 nitrogen and oxygen atoms in total. The van der Waals surface area contributed by atoms with Crippen LogP contribution in [0.15, 0.2) is 12.2 Å². The first-order valence-electron chi connectivity index (χ1n) is 5.91. The summed E-state index contributed by atoms with van der Waals surface area (Å²) in [4.78, 5) is 0. The highest BCUT2D eigenvalue weighted by Gasteiger charge is 2.37. The van der Waals surface area contributed by atoms with Gasteiger partial charge in [0.1, 0.15) is 0 Å². The molecule has 2 rings (SSSR count).